The van der Waals surface area contributed by atoms with Crippen molar-refractivity contribution >= 4 is 34.6 Å². The number of benzene rings is 1. The number of nitrogens with two attached hydrogens (primary N) is 1. The molecular formula is C28H32N4O4. The van der Waals surface area contributed by atoms with E-state index in [1.54, 1.807) is 6.07 Å². The summed E-state index contributed by atoms with van der Waals surface area (Å²) < 4.78 is 1.84. The average molecular weight is 489 g/mol. The SMILES string of the molecule is NC(=O)c1cc2ccccc2n1[C@@H](CC1CCCCC1)C(=C=O)N[C@H](C=C=O)C[C@@H]1CCNC1=C=O. The molecule has 1 saturated heterocycles. The highest BCUT2D eigenvalue weighted by Gasteiger charge is 2.31. The van der Waals surface area contributed by atoms with Crippen molar-refractivity contribution in [1.29, 1.82) is 0 Å². The maximum atomic E-state index is 12.5. The highest BCUT2D eigenvalue weighted by Crippen LogP contribution is 2.36. The van der Waals surface area contributed by atoms with E-state index in [-0.39, 0.29) is 11.6 Å². The minimum atomic E-state index is -0.577. The fourth-order valence-electron chi connectivity index (χ4n) is 5.77. The van der Waals surface area contributed by atoms with Gasteiger partial charge in [-0.05, 0) is 37.3 Å². The van der Waals surface area contributed by atoms with Gasteiger partial charge in [-0.1, -0.05) is 50.3 Å². The van der Waals surface area contributed by atoms with E-state index in [9.17, 15) is 19.2 Å². The first kappa shape index (κ1) is 25.3. The van der Waals surface area contributed by atoms with Gasteiger partial charge in [-0.2, -0.15) is 0 Å². The zero-order valence-electron chi connectivity index (χ0n) is 20.3. The number of hydrogen-bond acceptors (Lipinski definition) is 6. The molecule has 2 aliphatic rings. The molecule has 4 rings (SSSR count). The van der Waals surface area contributed by atoms with Gasteiger partial charge in [0.05, 0.1) is 17.8 Å². The first-order chi connectivity index (χ1) is 17.5. The first-order valence-corrected chi connectivity index (χ1v) is 12.7. The zero-order valence-corrected chi connectivity index (χ0v) is 20.3. The molecule has 0 radical (unpaired) electrons. The van der Waals surface area contributed by atoms with Gasteiger partial charge < -0.3 is 20.9 Å². The average Bonchev–Trinajstić information content (AvgIpc) is 3.51. The highest BCUT2D eigenvalue weighted by atomic mass is 16.1. The van der Waals surface area contributed by atoms with E-state index in [4.69, 9.17) is 5.73 Å². The number of fused-ring (bicyclic) bond motifs is 1. The van der Waals surface area contributed by atoms with Gasteiger partial charge in [-0.3, -0.25) is 4.79 Å². The van der Waals surface area contributed by atoms with E-state index in [1.165, 1.54) is 12.5 Å². The van der Waals surface area contributed by atoms with Crippen molar-refractivity contribution in [3.63, 3.8) is 0 Å². The number of primary amides is 1. The lowest BCUT2D eigenvalue weighted by Crippen LogP contribution is -2.35. The van der Waals surface area contributed by atoms with Gasteiger partial charge in [0.1, 0.15) is 29.2 Å². The molecule has 1 aromatic carbocycles. The second kappa shape index (κ2) is 11.7. The molecule has 2 aromatic rings. The predicted octanol–water partition coefficient (Wildman–Crippen LogP) is 3.03. The van der Waals surface area contributed by atoms with Crippen molar-refractivity contribution in [3.05, 3.63) is 53.5 Å². The van der Waals surface area contributed by atoms with Crippen LogP contribution in [0.3, 0.4) is 0 Å². The Morgan fingerprint density at radius 2 is 1.92 bits per heavy atom. The summed E-state index contributed by atoms with van der Waals surface area (Å²) in [5, 5.41) is 7.09. The molecule has 0 unspecified atom stereocenters. The molecule has 8 nitrogen and oxygen atoms in total. The van der Waals surface area contributed by atoms with E-state index >= 15 is 0 Å². The number of hydrogen-bond donors (Lipinski definition) is 3. The monoisotopic (exact) mass is 488 g/mol. The molecule has 1 amide bonds. The Hall–Kier alpha value is -3.82. The zero-order chi connectivity index (χ0) is 25.5. The summed E-state index contributed by atoms with van der Waals surface area (Å²) in [6.07, 6.45) is 8.68. The number of rotatable bonds is 10. The molecule has 2 fully saturated rings. The summed E-state index contributed by atoms with van der Waals surface area (Å²) in [5.74, 6) is 5.54. The van der Waals surface area contributed by atoms with Crippen molar-refractivity contribution < 1.29 is 19.2 Å². The summed E-state index contributed by atoms with van der Waals surface area (Å²) in [4.78, 5) is 47.6. The van der Waals surface area contributed by atoms with Crippen LogP contribution in [0.1, 0.15) is 67.9 Å². The van der Waals surface area contributed by atoms with Gasteiger partial charge in [0.2, 0.25) is 0 Å². The van der Waals surface area contributed by atoms with Crippen molar-refractivity contribution in [3.8, 4) is 0 Å². The molecular weight excluding hydrogens is 456 g/mol. The molecule has 1 aliphatic heterocycles. The van der Waals surface area contributed by atoms with E-state index in [1.807, 2.05) is 40.7 Å². The van der Waals surface area contributed by atoms with Gasteiger partial charge in [0, 0.05) is 29.4 Å². The van der Waals surface area contributed by atoms with Crippen molar-refractivity contribution in [2.45, 2.75) is 63.5 Å². The Balaban J connectivity index is 1.73. The predicted molar refractivity (Wildman–Crippen MR) is 137 cm³/mol. The van der Waals surface area contributed by atoms with Crippen LogP contribution < -0.4 is 16.4 Å². The van der Waals surface area contributed by atoms with Crippen molar-refractivity contribution in [2.24, 2.45) is 17.6 Å². The Morgan fingerprint density at radius 1 is 1.14 bits per heavy atom. The third-order valence-electron chi connectivity index (χ3n) is 7.51. The fourth-order valence-corrected chi connectivity index (χ4v) is 5.77. The van der Waals surface area contributed by atoms with Crippen LogP contribution in [0.4, 0.5) is 0 Å². The number of allylic oxidation sites excluding steroid dienone is 2. The van der Waals surface area contributed by atoms with Gasteiger partial charge in [-0.25, -0.2) is 14.4 Å². The van der Waals surface area contributed by atoms with Crippen LogP contribution in [0.15, 0.2) is 47.8 Å². The van der Waals surface area contributed by atoms with E-state index < -0.39 is 18.0 Å². The molecule has 2 heterocycles. The van der Waals surface area contributed by atoms with Gasteiger partial charge >= 0.3 is 0 Å². The van der Waals surface area contributed by atoms with E-state index in [0.717, 1.165) is 43.0 Å². The number of para-hydroxylation sites is 1. The van der Waals surface area contributed by atoms with E-state index in [0.29, 0.717) is 36.7 Å². The standard InChI is InChI=1S/C28H32N4O4/c29-28(36)27-16-21-8-4-5-9-25(21)32(27)26(14-19-6-2-1-3-7-19)24(18-35)31-22(11-13-33)15-20-10-12-30-23(20)17-34/h4-5,8-9,11,16,19-20,22,26,30-31H,1-3,6-7,10,12,14-15H2,(H2,29,36)/t20-,22+,26-/m0/s1. The smallest absolute Gasteiger partial charge is 0.265 e. The maximum Gasteiger partial charge on any atom is 0.265 e. The van der Waals surface area contributed by atoms with Crippen LogP contribution in [0.5, 0.6) is 0 Å². The molecule has 0 bridgehead atoms. The Morgan fingerprint density at radius 3 is 2.61 bits per heavy atom. The van der Waals surface area contributed by atoms with Crippen molar-refractivity contribution in [1.82, 2.24) is 15.2 Å². The van der Waals surface area contributed by atoms with Crippen LogP contribution in [-0.2, 0) is 14.4 Å². The molecule has 1 saturated carbocycles. The number of carbonyl (C=O) groups is 1. The number of carbonyl (C=O) groups excluding carboxylic acids is 4. The highest BCUT2D eigenvalue weighted by molar-refractivity contribution is 5.98. The number of nitrogens with zero attached hydrogens (tertiary/aromatic N) is 1. The lowest BCUT2D eigenvalue weighted by Gasteiger charge is -2.31. The maximum absolute atomic E-state index is 12.5. The molecule has 1 aliphatic carbocycles. The molecule has 188 valence electrons. The lowest BCUT2D eigenvalue weighted by atomic mass is 9.84. The summed E-state index contributed by atoms with van der Waals surface area (Å²) >= 11 is 0. The minimum Gasteiger partial charge on any atom is -0.379 e. The quantitative estimate of drug-likeness (QED) is 0.442. The topological polar surface area (TPSA) is 123 Å². The van der Waals surface area contributed by atoms with Crippen LogP contribution in [-0.4, -0.2) is 40.9 Å². The third-order valence-corrected chi connectivity index (χ3v) is 7.51. The molecule has 36 heavy (non-hydrogen) atoms. The van der Waals surface area contributed by atoms with Crippen LogP contribution >= 0.6 is 0 Å². The van der Waals surface area contributed by atoms with Gasteiger partial charge in [0.25, 0.3) is 5.91 Å². The molecule has 4 N–H and O–H groups in total. The van der Waals surface area contributed by atoms with Gasteiger partial charge in [0.15, 0.2) is 0 Å². The van der Waals surface area contributed by atoms with Crippen molar-refractivity contribution in [2.75, 3.05) is 6.54 Å². The molecule has 0 spiro atoms. The van der Waals surface area contributed by atoms with Gasteiger partial charge in [-0.15, -0.1) is 0 Å². The molecule has 1 aromatic heterocycles. The summed E-state index contributed by atoms with van der Waals surface area (Å²) in [6, 6.07) is 8.29. The molecule has 8 heteroatoms. The molecule has 3 atom stereocenters. The Bertz CT molecular complexity index is 1260. The summed E-state index contributed by atoms with van der Waals surface area (Å²) in [5.41, 5.74) is 7.64. The normalized spacial score (nSPS) is 19.4. The second-order valence-electron chi connectivity index (χ2n) is 9.79. The first-order valence-electron chi connectivity index (χ1n) is 12.7. The van der Waals surface area contributed by atoms with Crippen LogP contribution in [0, 0.1) is 11.8 Å². The van der Waals surface area contributed by atoms with Crippen LogP contribution in [0.25, 0.3) is 10.9 Å². The lowest BCUT2D eigenvalue weighted by molar-refractivity contribution is 0.0989. The second-order valence-corrected chi connectivity index (χ2v) is 9.79. The summed E-state index contributed by atoms with van der Waals surface area (Å²) in [7, 11) is 0. The number of nitrogens with one attached hydrogen (secondary N) is 2. The largest absolute Gasteiger partial charge is 0.379 e. The number of amides is 1. The fraction of sp³-hybridized carbons (Fsp3) is 0.464. The van der Waals surface area contributed by atoms with E-state index in [2.05, 4.69) is 16.6 Å². The van der Waals surface area contributed by atoms with Crippen LogP contribution in [0.2, 0.25) is 0 Å². The Kier molecular flexibility index (Phi) is 8.24. The third kappa shape index (κ3) is 5.53. The minimum absolute atomic E-state index is 0.108. The number of aromatic nitrogens is 1. The Labute approximate surface area is 210 Å². The summed E-state index contributed by atoms with van der Waals surface area (Å²) in [6.45, 7) is 0.658.